The Bertz CT molecular complexity index is 1970. The second-order valence-corrected chi connectivity index (χ2v) is 11.9. The van der Waals surface area contributed by atoms with Crippen LogP contribution in [0.25, 0.3) is 22.2 Å². The maximum absolute atomic E-state index is 16.6. The second-order valence-electron chi connectivity index (χ2n) is 11.9. The number of benzene rings is 1. The maximum atomic E-state index is 16.6. The molecule has 6 heterocycles. The highest BCUT2D eigenvalue weighted by Gasteiger charge is 2.28. The van der Waals surface area contributed by atoms with Crippen LogP contribution in [0.4, 0.5) is 10.2 Å². The number of piperazine rings is 1. The van der Waals surface area contributed by atoms with Gasteiger partial charge in [-0.05, 0) is 36.3 Å². The Morgan fingerprint density at radius 3 is 2.65 bits per heavy atom. The van der Waals surface area contributed by atoms with Gasteiger partial charge in [-0.25, -0.2) is 14.4 Å². The van der Waals surface area contributed by atoms with Crippen molar-refractivity contribution in [1.82, 2.24) is 44.3 Å². The molecule has 0 spiro atoms. The molecule has 5 aromatic rings. The normalized spacial score (nSPS) is 15.2. The molecule has 0 radical (unpaired) electrons. The van der Waals surface area contributed by atoms with Gasteiger partial charge < -0.3 is 29.0 Å². The quantitative estimate of drug-likeness (QED) is 0.255. The molecular formula is C34H37FN10O3. The molecule has 1 aromatic carbocycles. The molecule has 48 heavy (non-hydrogen) atoms. The first kappa shape index (κ1) is 31.1. The van der Waals surface area contributed by atoms with E-state index in [2.05, 4.69) is 30.2 Å². The Morgan fingerprint density at radius 2 is 1.88 bits per heavy atom. The number of H-pyrrole nitrogens is 1. The van der Waals surface area contributed by atoms with Gasteiger partial charge in [0.2, 0.25) is 5.91 Å². The van der Waals surface area contributed by atoms with Gasteiger partial charge in [-0.15, -0.1) is 5.10 Å². The largest absolute Gasteiger partial charge is 0.493 e. The predicted octanol–water partition coefficient (Wildman–Crippen LogP) is 3.72. The Balaban J connectivity index is 1.17. The smallest absolute Gasteiger partial charge is 0.270 e. The van der Waals surface area contributed by atoms with Crippen LogP contribution < -0.4 is 9.64 Å². The summed E-state index contributed by atoms with van der Waals surface area (Å²) in [6.45, 7) is 5.39. The molecule has 7 rings (SSSR count). The number of aromatic amines is 1. The van der Waals surface area contributed by atoms with Crippen LogP contribution in [-0.4, -0.2) is 103 Å². The van der Waals surface area contributed by atoms with Crippen LogP contribution in [0.5, 0.6) is 5.75 Å². The number of anilines is 1. The zero-order chi connectivity index (χ0) is 33.2. The lowest BCUT2D eigenvalue weighted by atomic mass is 9.98. The highest BCUT2D eigenvalue weighted by atomic mass is 19.1. The summed E-state index contributed by atoms with van der Waals surface area (Å²) in [6.07, 6.45) is 12.1. The Morgan fingerprint density at radius 1 is 1.02 bits per heavy atom. The number of aromatic nitrogens is 7. The molecule has 13 nitrogen and oxygen atoms in total. The van der Waals surface area contributed by atoms with E-state index in [1.807, 2.05) is 42.0 Å². The van der Waals surface area contributed by atoms with Gasteiger partial charge in [-0.1, -0.05) is 18.2 Å². The lowest BCUT2D eigenvalue weighted by molar-refractivity contribution is -0.131. The van der Waals surface area contributed by atoms with Crippen LogP contribution in [0, 0.1) is 5.82 Å². The first-order valence-electron chi connectivity index (χ1n) is 16.2. The molecular weight excluding hydrogens is 615 g/mol. The van der Waals surface area contributed by atoms with E-state index in [0.29, 0.717) is 80.2 Å². The maximum Gasteiger partial charge on any atom is 0.270 e. The lowest BCUT2D eigenvalue weighted by Crippen LogP contribution is -2.49. The molecule has 0 unspecified atom stereocenters. The van der Waals surface area contributed by atoms with Gasteiger partial charge in [0.15, 0.2) is 17.4 Å². The minimum Gasteiger partial charge on any atom is -0.493 e. The van der Waals surface area contributed by atoms with Crippen molar-refractivity contribution < 1.29 is 18.7 Å². The Hall–Kier alpha value is -5.53. The molecule has 4 aromatic heterocycles. The number of carbonyl (C=O) groups excluding carboxylic acids is 2. The Labute approximate surface area is 276 Å². The molecule has 2 amide bonds. The number of fused-ring (bicyclic) bond motifs is 1. The van der Waals surface area contributed by atoms with Crippen molar-refractivity contribution >= 4 is 34.1 Å². The van der Waals surface area contributed by atoms with Crippen LogP contribution in [0.15, 0.2) is 61.3 Å². The molecule has 0 aliphatic carbocycles. The molecule has 2 aliphatic rings. The van der Waals surface area contributed by atoms with Crippen LogP contribution in [0.3, 0.4) is 0 Å². The molecule has 1 N–H and O–H groups in total. The van der Waals surface area contributed by atoms with E-state index in [9.17, 15) is 9.59 Å². The fraction of sp³-hybridized carbons (Fsp3) is 0.353. The number of aryl methyl sites for hydroxylation is 2. The number of carbonyl (C=O) groups is 2. The summed E-state index contributed by atoms with van der Waals surface area (Å²) in [6, 6.07) is 7.25. The fourth-order valence-electron chi connectivity index (χ4n) is 6.55. The molecule has 14 heteroatoms. The van der Waals surface area contributed by atoms with Crippen LogP contribution >= 0.6 is 0 Å². The third-order valence-corrected chi connectivity index (χ3v) is 9.07. The van der Waals surface area contributed by atoms with Crippen molar-refractivity contribution in [3.05, 3.63) is 84.2 Å². The monoisotopic (exact) mass is 652 g/mol. The third-order valence-electron chi connectivity index (χ3n) is 9.07. The van der Waals surface area contributed by atoms with E-state index >= 15 is 4.39 Å². The van der Waals surface area contributed by atoms with Gasteiger partial charge in [0.05, 0.1) is 31.1 Å². The number of methoxy groups -OCH3 is 1. The number of halogens is 1. The number of ether oxygens (including phenoxy) is 1. The molecule has 248 valence electrons. The van der Waals surface area contributed by atoms with E-state index < -0.39 is 5.82 Å². The number of nitrogens with zero attached hydrogens (tertiary/aromatic N) is 9. The average Bonchev–Trinajstić information content (AvgIpc) is 3.93. The third kappa shape index (κ3) is 5.89. The summed E-state index contributed by atoms with van der Waals surface area (Å²) in [5.74, 6) is 1.55. The molecule has 1 fully saturated rings. The zero-order valence-electron chi connectivity index (χ0n) is 27.0. The number of amides is 2. The molecule has 2 aliphatic heterocycles. The highest BCUT2D eigenvalue weighted by molar-refractivity contribution is 6.02. The van der Waals surface area contributed by atoms with E-state index in [1.165, 1.54) is 0 Å². The zero-order valence-corrected chi connectivity index (χ0v) is 27.0. The van der Waals surface area contributed by atoms with Gasteiger partial charge in [0.1, 0.15) is 11.5 Å². The molecule has 1 saturated heterocycles. The first-order chi connectivity index (χ1) is 23.4. The summed E-state index contributed by atoms with van der Waals surface area (Å²) >= 11 is 0. The number of hydrogen-bond acceptors (Lipinski definition) is 8. The summed E-state index contributed by atoms with van der Waals surface area (Å²) in [7, 11) is 1.62. The van der Waals surface area contributed by atoms with Crippen molar-refractivity contribution in [2.45, 2.75) is 32.7 Å². The Kier molecular flexibility index (Phi) is 8.61. The number of rotatable bonds is 9. The van der Waals surface area contributed by atoms with Crippen LogP contribution in [-0.2, 0) is 17.8 Å². The summed E-state index contributed by atoms with van der Waals surface area (Å²) in [5.41, 5.74) is 2.38. The van der Waals surface area contributed by atoms with E-state index in [1.54, 1.807) is 52.4 Å². The van der Waals surface area contributed by atoms with Crippen molar-refractivity contribution in [3.63, 3.8) is 0 Å². The average molecular weight is 653 g/mol. The number of hydrogen-bond donors (Lipinski definition) is 1. The summed E-state index contributed by atoms with van der Waals surface area (Å²) in [4.78, 5) is 44.7. The van der Waals surface area contributed by atoms with Gasteiger partial charge >= 0.3 is 0 Å². The number of imidazole rings is 1. The van der Waals surface area contributed by atoms with Gasteiger partial charge in [0, 0.05) is 87.8 Å². The molecule has 0 bridgehead atoms. The van der Waals surface area contributed by atoms with Crippen LogP contribution in [0.2, 0.25) is 0 Å². The summed E-state index contributed by atoms with van der Waals surface area (Å²) < 4.78 is 25.6. The van der Waals surface area contributed by atoms with E-state index in [4.69, 9.17) is 4.74 Å². The summed E-state index contributed by atoms with van der Waals surface area (Å²) in [5, 5.41) is 8.32. The molecule has 0 atom stereocenters. The molecule has 0 saturated carbocycles. The standard InChI is InChI=1S/C34H37FN10O3/c1-3-29-36-10-15-45(29)27-21-24(23-6-5-12-43(22-23)30(46)8-13-44-14-11-38-40-44)31(35)32-25(27)20-26(39-32)34(47)42-18-16-41(17-19-42)33-28(48-2)7-4-9-37-33/h4,6-7,9-11,14-15,20-21,39H,3,5,8,12-13,16-19,22H2,1-2H3. The van der Waals surface area contributed by atoms with Crippen molar-refractivity contribution in [2.75, 3.05) is 51.3 Å². The van der Waals surface area contributed by atoms with Crippen molar-refractivity contribution in [2.24, 2.45) is 0 Å². The topological polar surface area (TPSA) is 130 Å². The highest BCUT2D eigenvalue weighted by Crippen LogP contribution is 2.35. The van der Waals surface area contributed by atoms with E-state index in [-0.39, 0.29) is 30.3 Å². The van der Waals surface area contributed by atoms with Crippen molar-refractivity contribution in [1.29, 1.82) is 0 Å². The van der Waals surface area contributed by atoms with Crippen molar-refractivity contribution in [3.8, 4) is 11.4 Å². The van der Waals surface area contributed by atoms with Gasteiger partial charge in [0.25, 0.3) is 5.91 Å². The minimum atomic E-state index is -0.457. The van der Waals surface area contributed by atoms with Gasteiger partial charge in [-0.3, -0.25) is 14.3 Å². The van der Waals surface area contributed by atoms with E-state index in [0.717, 1.165) is 17.2 Å². The first-order valence-corrected chi connectivity index (χ1v) is 16.2. The SMILES string of the molecule is CCc1nccn1-c1cc(C2=CCCN(C(=O)CCn3ccnn3)C2)c(F)c2[nH]c(C(=O)N3CCN(c4ncccc4OC)CC3)cc12. The number of pyridine rings is 1. The van der Waals surface area contributed by atoms with Gasteiger partial charge in [-0.2, -0.15) is 0 Å². The fourth-order valence-corrected chi connectivity index (χ4v) is 6.55. The van der Waals surface area contributed by atoms with Crippen LogP contribution in [0.1, 0.15) is 41.6 Å². The second kappa shape index (κ2) is 13.3. The minimum absolute atomic E-state index is 0.0324. The lowest BCUT2D eigenvalue weighted by Gasteiger charge is -2.35. The number of nitrogens with one attached hydrogen (secondary N) is 1. The predicted molar refractivity (Wildman–Crippen MR) is 177 cm³/mol.